The van der Waals surface area contributed by atoms with E-state index >= 15 is 0 Å². The molecule has 0 bridgehead atoms. The first-order chi connectivity index (χ1) is 7.44. The first-order valence-corrected chi connectivity index (χ1v) is 7.62. The van der Waals surface area contributed by atoms with Gasteiger partial charge in [0, 0.05) is 5.88 Å². The minimum Gasteiger partial charge on any atom is -0.282 e. The van der Waals surface area contributed by atoms with Crippen molar-refractivity contribution < 1.29 is 8.42 Å². The zero-order valence-electron chi connectivity index (χ0n) is 8.70. The second-order valence-corrected chi connectivity index (χ2v) is 6.26. The van der Waals surface area contributed by atoms with Gasteiger partial charge in [-0.3, -0.25) is 4.72 Å². The highest BCUT2D eigenvalue weighted by Gasteiger charge is 2.11. The van der Waals surface area contributed by atoms with Crippen LogP contribution in [0.3, 0.4) is 0 Å². The highest BCUT2D eigenvalue weighted by molar-refractivity contribution is 9.10. The standard InChI is InChI=1S/C9H12BrClN2O2S/c1-7-8(3-4-9(10)12-7)13-16(14,15)6-2-5-11/h3-4,13H,2,5-6H2,1H3. The lowest BCUT2D eigenvalue weighted by Gasteiger charge is -2.09. The second-order valence-electron chi connectivity index (χ2n) is 3.23. The minimum absolute atomic E-state index is 0.0198. The number of nitrogens with one attached hydrogen (secondary N) is 1. The Morgan fingerprint density at radius 3 is 2.75 bits per heavy atom. The molecule has 0 fully saturated rings. The Bertz CT molecular complexity index is 465. The van der Waals surface area contributed by atoms with Gasteiger partial charge in [0.05, 0.1) is 17.1 Å². The largest absolute Gasteiger partial charge is 0.282 e. The van der Waals surface area contributed by atoms with Crippen LogP contribution < -0.4 is 4.72 Å². The van der Waals surface area contributed by atoms with Crippen LogP contribution in [0.5, 0.6) is 0 Å². The topological polar surface area (TPSA) is 59.1 Å². The summed E-state index contributed by atoms with van der Waals surface area (Å²) in [5.41, 5.74) is 1.13. The number of hydrogen-bond acceptors (Lipinski definition) is 3. The summed E-state index contributed by atoms with van der Waals surface area (Å²) in [6.07, 6.45) is 0.430. The maximum Gasteiger partial charge on any atom is 0.232 e. The van der Waals surface area contributed by atoms with E-state index in [2.05, 4.69) is 25.6 Å². The van der Waals surface area contributed by atoms with Crippen molar-refractivity contribution in [2.75, 3.05) is 16.4 Å². The molecule has 90 valence electrons. The van der Waals surface area contributed by atoms with Gasteiger partial charge in [-0.1, -0.05) is 0 Å². The summed E-state index contributed by atoms with van der Waals surface area (Å²) in [6.45, 7) is 1.74. The Balaban J connectivity index is 2.80. The number of rotatable bonds is 5. The smallest absolute Gasteiger partial charge is 0.232 e. The van der Waals surface area contributed by atoms with E-state index in [1.54, 1.807) is 19.1 Å². The fourth-order valence-corrected chi connectivity index (χ4v) is 2.97. The number of nitrogens with zero attached hydrogens (tertiary/aromatic N) is 1. The van der Waals surface area contributed by atoms with E-state index in [0.29, 0.717) is 28.3 Å². The monoisotopic (exact) mass is 326 g/mol. The zero-order chi connectivity index (χ0) is 12.2. The lowest BCUT2D eigenvalue weighted by atomic mass is 10.3. The quantitative estimate of drug-likeness (QED) is 0.668. The van der Waals surface area contributed by atoms with Gasteiger partial charge in [-0.2, -0.15) is 0 Å². The molecule has 0 aromatic carbocycles. The summed E-state index contributed by atoms with van der Waals surface area (Å²) in [4.78, 5) is 4.10. The average molecular weight is 328 g/mol. The highest BCUT2D eigenvalue weighted by Crippen LogP contribution is 2.17. The van der Waals surface area contributed by atoms with Crippen LogP contribution in [0.4, 0.5) is 5.69 Å². The van der Waals surface area contributed by atoms with Gasteiger partial charge in [-0.25, -0.2) is 13.4 Å². The van der Waals surface area contributed by atoms with Gasteiger partial charge in [0.15, 0.2) is 0 Å². The number of aryl methyl sites for hydroxylation is 1. The Morgan fingerprint density at radius 1 is 1.50 bits per heavy atom. The van der Waals surface area contributed by atoms with Crippen molar-refractivity contribution in [3.05, 3.63) is 22.4 Å². The normalized spacial score (nSPS) is 11.4. The SMILES string of the molecule is Cc1nc(Br)ccc1NS(=O)(=O)CCCCl. The molecular formula is C9H12BrClN2O2S. The Kier molecular flexibility index (Phi) is 5.01. The van der Waals surface area contributed by atoms with Crippen LogP contribution in [-0.2, 0) is 10.0 Å². The minimum atomic E-state index is -3.32. The van der Waals surface area contributed by atoms with Crippen LogP contribution in [0.2, 0.25) is 0 Å². The molecule has 16 heavy (non-hydrogen) atoms. The van der Waals surface area contributed by atoms with Crippen molar-refractivity contribution in [2.24, 2.45) is 0 Å². The summed E-state index contributed by atoms with van der Waals surface area (Å²) in [5.74, 6) is 0.352. The summed E-state index contributed by atoms with van der Waals surface area (Å²) in [7, 11) is -3.32. The van der Waals surface area contributed by atoms with Crippen molar-refractivity contribution in [3.63, 3.8) is 0 Å². The van der Waals surface area contributed by atoms with E-state index in [4.69, 9.17) is 11.6 Å². The Hall–Kier alpha value is -0.330. The molecule has 0 saturated carbocycles. The van der Waals surface area contributed by atoms with Crippen molar-refractivity contribution in [1.82, 2.24) is 4.98 Å². The van der Waals surface area contributed by atoms with E-state index in [-0.39, 0.29) is 5.75 Å². The van der Waals surface area contributed by atoms with Crippen LogP contribution in [-0.4, -0.2) is 25.0 Å². The van der Waals surface area contributed by atoms with Crippen LogP contribution in [0.15, 0.2) is 16.7 Å². The van der Waals surface area contributed by atoms with Crippen LogP contribution in [0.1, 0.15) is 12.1 Å². The first-order valence-electron chi connectivity index (χ1n) is 4.64. The fourth-order valence-electron chi connectivity index (χ4n) is 1.10. The molecule has 1 aromatic rings. The third-order valence-corrected chi connectivity index (χ3v) is 3.93. The predicted octanol–water partition coefficient (Wildman–Crippen LogP) is 2.52. The molecule has 0 saturated heterocycles. The molecule has 1 rings (SSSR count). The van der Waals surface area contributed by atoms with E-state index in [1.165, 1.54) is 0 Å². The second kappa shape index (κ2) is 5.84. The summed E-state index contributed by atoms with van der Waals surface area (Å²) in [5, 5.41) is 0. The fraction of sp³-hybridized carbons (Fsp3) is 0.444. The number of aromatic nitrogens is 1. The summed E-state index contributed by atoms with van der Waals surface area (Å²) < 4.78 is 26.3. The average Bonchev–Trinajstić information content (AvgIpc) is 2.19. The summed E-state index contributed by atoms with van der Waals surface area (Å²) >= 11 is 8.66. The van der Waals surface area contributed by atoms with Gasteiger partial charge in [0.2, 0.25) is 10.0 Å². The molecule has 0 radical (unpaired) electrons. The van der Waals surface area contributed by atoms with E-state index in [1.807, 2.05) is 0 Å². The third-order valence-electron chi connectivity index (χ3n) is 1.86. The molecule has 1 aromatic heterocycles. The van der Waals surface area contributed by atoms with Gasteiger partial charge in [-0.15, -0.1) is 11.6 Å². The van der Waals surface area contributed by atoms with Gasteiger partial charge in [0.1, 0.15) is 4.60 Å². The molecule has 4 nitrogen and oxygen atoms in total. The van der Waals surface area contributed by atoms with Crippen molar-refractivity contribution >= 4 is 43.2 Å². The molecule has 0 aliphatic rings. The van der Waals surface area contributed by atoms with Crippen molar-refractivity contribution in [1.29, 1.82) is 0 Å². The van der Waals surface area contributed by atoms with Gasteiger partial charge in [-0.05, 0) is 41.4 Å². The van der Waals surface area contributed by atoms with E-state index < -0.39 is 10.0 Å². The van der Waals surface area contributed by atoms with Crippen molar-refractivity contribution in [3.8, 4) is 0 Å². The maximum absolute atomic E-state index is 11.6. The molecule has 0 spiro atoms. The highest BCUT2D eigenvalue weighted by atomic mass is 79.9. The third kappa shape index (κ3) is 4.27. The summed E-state index contributed by atoms with van der Waals surface area (Å²) in [6, 6.07) is 3.36. The molecule has 1 N–H and O–H groups in total. The lowest BCUT2D eigenvalue weighted by molar-refractivity contribution is 0.600. The van der Waals surface area contributed by atoms with Crippen LogP contribution in [0, 0.1) is 6.92 Å². The first kappa shape index (κ1) is 13.7. The van der Waals surface area contributed by atoms with E-state index in [0.717, 1.165) is 0 Å². The zero-order valence-corrected chi connectivity index (χ0v) is 11.9. The number of hydrogen-bond donors (Lipinski definition) is 1. The Morgan fingerprint density at radius 2 is 2.19 bits per heavy atom. The van der Waals surface area contributed by atoms with Crippen LogP contribution in [0.25, 0.3) is 0 Å². The number of alkyl halides is 1. The number of halogens is 2. The van der Waals surface area contributed by atoms with Gasteiger partial charge < -0.3 is 0 Å². The van der Waals surface area contributed by atoms with E-state index in [9.17, 15) is 8.42 Å². The molecular weight excluding hydrogens is 316 g/mol. The molecule has 1 heterocycles. The molecule has 7 heteroatoms. The molecule has 0 unspecified atom stereocenters. The molecule has 0 atom stereocenters. The van der Waals surface area contributed by atoms with Gasteiger partial charge in [0.25, 0.3) is 0 Å². The Labute approximate surface area is 109 Å². The molecule has 0 aliphatic carbocycles. The van der Waals surface area contributed by atoms with Crippen molar-refractivity contribution in [2.45, 2.75) is 13.3 Å². The predicted molar refractivity (Wildman–Crippen MR) is 69.4 cm³/mol. The van der Waals surface area contributed by atoms with Crippen LogP contribution >= 0.6 is 27.5 Å². The number of sulfonamides is 1. The molecule has 0 amide bonds. The number of anilines is 1. The maximum atomic E-state index is 11.6. The number of pyridine rings is 1. The molecule has 0 aliphatic heterocycles. The van der Waals surface area contributed by atoms with Gasteiger partial charge >= 0.3 is 0 Å². The lowest BCUT2D eigenvalue weighted by Crippen LogP contribution is -2.17.